The molecule has 3 heterocycles. The van der Waals surface area contributed by atoms with Crippen LogP contribution in [0.15, 0.2) is 42.5 Å². The fourth-order valence-electron chi connectivity index (χ4n) is 4.48. The topological polar surface area (TPSA) is 79.4 Å². The third-order valence-corrected chi connectivity index (χ3v) is 6.41. The summed E-state index contributed by atoms with van der Waals surface area (Å²) in [6, 6.07) is 9.68. The van der Waals surface area contributed by atoms with Gasteiger partial charge >= 0.3 is 6.18 Å². The van der Waals surface area contributed by atoms with E-state index in [1.54, 1.807) is 12.1 Å². The molecule has 2 aliphatic heterocycles. The summed E-state index contributed by atoms with van der Waals surface area (Å²) in [5.74, 6) is 0.838. The Morgan fingerprint density at radius 3 is 2.69 bits per heavy atom. The van der Waals surface area contributed by atoms with Crippen LogP contribution in [0.5, 0.6) is 0 Å². The zero-order valence-electron chi connectivity index (χ0n) is 19.8. The van der Waals surface area contributed by atoms with Crippen molar-refractivity contribution >= 4 is 17.4 Å². The molecule has 1 fully saturated rings. The number of aromatic nitrogens is 2. The molecular formula is C26H26F3N5O2. The number of ether oxygens (including phenoxy) is 1. The number of hydrogen-bond donors (Lipinski definition) is 2. The standard InChI is InChI=1S/C26H26F3N5O2/c1-16-5-6-19(31-25(35)17-3-2-4-18(13-17)26(27,28)29)14-21(16)23-32-22-15-30-8-7-20(22)24(33-23)34-9-11-36-12-10-34/h2-6,13-14,30H,7-12,15H2,1H3,(H,31,35). The normalized spacial score (nSPS) is 15.9. The smallest absolute Gasteiger partial charge is 0.378 e. The van der Waals surface area contributed by atoms with Crippen LogP contribution in [0.2, 0.25) is 0 Å². The SMILES string of the molecule is Cc1ccc(NC(=O)c2cccc(C(F)(F)F)c2)cc1-c1nc2c(c(N3CCOCC3)n1)CCNC2. The molecule has 36 heavy (non-hydrogen) atoms. The summed E-state index contributed by atoms with van der Waals surface area (Å²) in [5.41, 5.74) is 3.27. The number of rotatable bonds is 4. The van der Waals surface area contributed by atoms with Crippen LogP contribution < -0.4 is 15.5 Å². The number of aryl methyl sites for hydroxylation is 1. The molecule has 1 amide bonds. The summed E-state index contributed by atoms with van der Waals surface area (Å²) in [6.45, 7) is 6.23. The van der Waals surface area contributed by atoms with Gasteiger partial charge in [0.05, 0.1) is 24.5 Å². The van der Waals surface area contributed by atoms with Gasteiger partial charge in [-0.3, -0.25) is 4.79 Å². The first-order valence-corrected chi connectivity index (χ1v) is 11.8. The van der Waals surface area contributed by atoms with E-state index in [0.29, 0.717) is 31.3 Å². The highest BCUT2D eigenvalue weighted by atomic mass is 19.4. The number of carbonyl (C=O) groups excluding carboxylic acids is 1. The molecule has 0 radical (unpaired) electrons. The Morgan fingerprint density at radius 2 is 1.92 bits per heavy atom. The van der Waals surface area contributed by atoms with Crippen molar-refractivity contribution in [2.24, 2.45) is 0 Å². The number of alkyl halides is 3. The number of carbonyl (C=O) groups is 1. The van der Waals surface area contributed by atoms with Gasteiger partial charge in [0.15, 0.2) is 5.82 Å². The summed E-state index contributed by atoms with van der Waals surface area (Å²) in [7, 11) is 0. The first-order chi connectivity index (χ1) is 17.3. The third kappa shape index (κ3) is 5.05. The van der Waals surface area contributed by atoms with Gasteiger partial charge in [-0.15, -0.1) is 0 Å². The summed E-state index contributed by atoms with van der Waals surface area (Å²) in [6.07, 6.45) is -3.68. The van der Waals surface area contributed by atoms with Gasteiger partial charge in [0, 0.05) is 42.0 Å². The molecule has 2 N–H and O–H groups in total. The number of amides is 1. The number of nitrogens with one attached hydrogen (secondary N) is 2. The molecule has 1 saturated heterocycles. The Morgan fingerprint density at radius 1 is 1.11 bits per heavy atom. The summed E-state index contributed by atoms with van der Waals surface area (Å²) in [4.78, 5) is 24.8. The van der Waals surface area contributed by atoms with Crippen LogP contribution in [-0.4, -0.2) is 48.7 Å². The second kappa shape index (κ2) is 9.87. The predicted octanol–water partition coefficient (Wildman–Crippen LogP) is 4.21. The lowest BCUT2D eigenvalue weighted by Gasteiger charge is -2.31. The maximum atomic E-state index is 13.1. The lowest BCUT2D eigenvalue weighted by Crippen LogP contribution is -2.39. The lowest BCUT2D eigenvalue weighted by molar-refractivity contribution is -0.137. The Balaban J connectivity index is 1.47. The van der Waals surface area contributed by atoms with Gasteiger partial charge in [-0.1, -0.05) is 12.1 Å². The van der Waals surface area contributed by atoms with Gasteiger partial charge in [-0.2, -0.15) is 13.2 Å². The van der Waals surface area contributed by atoms with Crippen LogP contribution in [0.25, 0.3) is 11.4 Å². The quantitative estimate of drug-likeness (QED) is 0.563. The van der Waals surface area contributed by atoms with Crippen molar-refractivity contribution < 1.29 is 22.7 Å². The summed E-state index contributed by atoms with van der Waals surface area (Å²) >= 11 is 0. The zero-order valence-corrected chi connectivity index (χ0v) is 19.8. The van der Waals surface area contributed by atoms with Gasteiger partial charge in [-0.25, -0.2) is 9.97 Å². The van der Waals surface area contributed by atoms with E-state index in [1.165, 1.54) is 12.1 Å². The Kier molecular flexibility index (Phi) is 6.63. The maximum Gasteiger partial charge on any atom is 0.416 e. The minimum Gasteiger partial charge on any atom is -0.378 e. The number of fused-ring (bicyclic) bond motifs is 1. The van der Waals surface area contributed by atoms with Crippen LogP contribution >= 0.6 is 0 Å². The van der Waals surface area contributed by atoms with Crippen LogP contribution in [0.3, 0.4) is 0 Å². The first kappa shape index (κ1) is 24.2. The molecule has 0 aliphatic carbocycles. The van der Waals surface area contributed by atoms with E-state index in [0.717, 1.165) is 66.4 Å². The highest BCUT2D eigenvalue weighted by Crippen LogP contribution is 2.32. The summed E-state index contributed by atoms with van der Waals surface area (Å²) in [5, 5.41) is 6.08. The van der Waals surface area contributed by atoms with Crippen LogP contribution in [0.4, 0.5) is 24.7 Å². The van der Waals surface area contributed by atoms with E-state index >= 15 is 0 Å². The minimum atomic E-state index is -4.52. The van der Waals surface area contributed by atoms with Crippen molar-refractivity contribution in [1.82, 2.24) is 15.3 Å². The average molecular weight is 498 g/mol. The van der Waals surface area contributed by atoms with Gasteiger partial charge in [-0.05, 0) is 55.8 Å². The molecule has 0 atom stereocenters. The lowest BCUT2D eigenvalue weighted by atomic mass is 10.0. The molecule has 2 aromatic carbocycles. The number of halogens is 3. The van der Waals surface area contributed by atoms with E-state index in [4.69, 9.17) is 14.7 Å². The van der Waals surface area contributed by atoms with Crippen molar-refractivity contribution in [1.29, 1.82) is 0 Å². The van der Waals surface area contributed by atoms with Crippen molar-refractivity contribution in [2.45, 2.75) is 26.1 Å². The molecule has 0 spiro atoms. The van der Waals surface area contributed by atoms with Crippen LogP contribution in [-0.2, 0) is 23.9 Å². The monoisotopic (exact) mass is 497 g/mol. The second-order valence-electron chi connectivity index (χ2n) is 8.88. The molecule has 188 valence electrons. The van der Waals surface area contributed by atoms with Crippen molar-refractivity contribution in [3.63, 3.8) is 0 Å². The molecule has 1 aromatic heterocycles. The molecule has 0 saturated carbocycles. The van der Waals surface area contributed by atoms with Gasteiger partial charge in [0.25, 0.3) is 5.91 Å². The number of anilines is 2. The first-order valence-electron chi connectivity index (χ1n) is 11.8. The van der Waals surface area contributed by atoms with Crippen LogP contribution in [0.1, 0.15) is 32.7 Å². The highest BCUT2D eigenvalue weighted by molar-refractivity contribution is 6.04. The fourth-order valence-corrected chi connectivity index (χ4v) is 4.48. The van der Waals surface area contributed by atoms with Gasteiger partial charge < -0.3 is 20.3 Å². The molecule has 10 heteroatoms. The number of benzene rings is 2. The van der Waals surface area contributed by atoms with Gasteiger partial charge in [0.1, 0.15) is 5.82 Å². The van der Waals surface area contributed by atoms with E-state index in [-0.39, 0.29) is 5.56 Å². The summed E-state index contributed by atoms with van der Waals surface area (Å²) < 4.78 is 44.7. The predicted molar refractivity (Wildman–Crippen MR) is 130 cm³/mol. The Bertz CT molecular complexity index is 1290. The van der Waals surface area contributed by atoms with E-state index in [2.05, 4.69) is 15.5 Å². The second-order valence-corrected chi connectivity index (χ2v) is 8.88. The third-order valence-electron chi connectivity index (χ3n) is 6.41. The minimum absolute atomic E-state index is 0.0716. The molecule has 3 aromatic rings. The maximum absolute atomic E-state index is 13.1. The van der Waals surface area contributed by atoms with E-state index < -0.39 is 17.6 Å². The van der Waals surface area contributed by atoms with Crippen molar-refractivity contribution in [2.75, 3.05) is 43.1 Å². The molecule has 2 aliphatic rings. The fraction of sp³-hybridized carbons (Fsp3) is 0.346. The average Bonchev–Trinajstić information content (AvgIpc) is 2.89. The molecule has 0 unspecified atom stereocenters. The molecule has 0 bridgehead atoms. The van der Waals surface area contributed by atoms with Crippen molar-refractivity contribution in [3.8, 4) is 11.4 Å². The Hall–Kier alpha value is -3.50. The van der Waals surface area contributed by atoms with Crippen molar-refractivity contribution in [3.05, 3.63) is 70.4 Å². The highest BCUT2D eigenvalue weighted by Gasteiger charge is 2.31. The Labute approximate surface area is 206 Å². The molecule has 7 nitrogen and oxygen atoms in total. The van der Waals surface area contributed by atoms with Gasteiger partial charge in [0.2, 0.25) is 0 Å². The van der Waals surface area contributed by atoms with Crippen LogP contribution in [0, 0.1) is 6.92 Å². The zero-order chi connectivity index (χ0) is 25.3. The molecule has 5 rings (SSSR count). The van der Waals surface area contributed by atoms with E-state index in [1.807, 2.05) is 13.0 Å². The number of nitrogens with zero attached hydrogens (tertiary/aromatic N) is 3. The largest absolute Gasteiger partial charge is 0.416 e. The number of morpholine rings is 1. The molecular weight excluding hydrogens is 471 g/mol. The van der Waals surface area contributed by atoms with E-state index in [9.17, 15) is 18.0 Å². The number of hydrogen-bond acceptors (Lipinski definition) is 6.